The molecule has 0 aliphatic carbocycles. The van der Waals surface area contributed by atoms with Crippen LogP contribution in [0.2, 0.25) is 0 Å². The summed E-state index contributed by atoms with van der Waals surface area (Å²) in [5.41, 5.74) is 1.94. The van der Waals surface area contributed by atoms with Crippen LogP contribution in [0, 0.1) is 0 Å². The number of H-pyrrole nitrogens is 1. The van der Waals surface area contributed by atoms with Gasteiger partial charge in [-0.05, 0) is 36.4 Å². The van der Waals surface area contributed by atoms with Gasteiger partial charge in [0.05, 0.1) is 24.4 Å². The quantitative estimate of drug-likeness (QED) is 0.519. The van der Waals surface area contributed by atoms with Crippen molar-refractivity contribution in [2.75, 3.05) is 12.0 Å². The van der Waals surface area contributed by atoms with E-state index in [4.69, 9.17) is 4.74 Å². The highest BCUT2D eigenvalue weighted by atomic mass is 16.5. The van der Waals surface area contributed by atoms with Gasteiger partial charge in [0.15, 0.2) is 17.1 Å². The summed E-state index contributed by atoms with van der Waals surface area (Å²) in [7, 11) is 1.49. The van der Waals surface area contributed by atoms with Crippen LogP contribution in [-0.2, 0) is 0 Å². The number of aromatic amines is 1. The van der Waals surface area contributed by atoms with Crippen LogP contribution in [0.4, 0.5) is 17.3 Å². The third kappa shape index (κ3) is 2.73. The normalized spacial score (nSPS) is 10.8. The zero-order valence-electron chi connectivity index (χ0n) is 13.8. The first-order valence-corrected chi connectivity index (χ1v) is 7.78. The molecule has 0 radical (unpaired) electrons. The molecule has 4 aromatic rings. The summed E-state index contributed by atoms with van der Waals surface area (Å²) < 4.78 is 5.11. The number of benzene rings is 2. The molecule has 2 aromatic heterocycles. The second kappa shape index (κ2) is 6.25. The van der Waals surface area contributed by atoms with Crippen molar-refractivity contribution in [3.8, 4) is 17.2 Å². The molecule has 130 valence electrons. The SMILES string of the molecule is COc1ccc(N(c2ccc(O)cc2)c2ncc3cn[nH]c3n2)cc1O. The summed E-state index contributed by atoms with van der Waals surface area (Å²) in [5.74, 6) is 0.897. The Labute approximate surface area is 148 Å². The number of hydrogen-bond acceptors (Lipinski definition) is 7. The van der Waals surface area contributed by atoms with E-state index >= 15 is 0 Å². The van der Waals surface area contributed by atoms with Gasteiger partial charge in [-0.25, -0.2) is 4.98 Å². The van der Waals surface area contributed by atoms with Gasteiger partial charge in [-0.3, -0.25) is 10.00 Å². The molecule has 0 aliphatic heterocycles. The lowest BCUT2D eigenvalue weighted by Crippen LogP contribution is -2.13. The Hall–Kier alpha value is -3.81. The van der Waals surface area contributed by atoms with E-state index in [1.54, 1.807) is 59.8 Å². The number of aromatic nitrogens is 4. The van der Waals surface area contributed by atoms with Crippen molar-refractivity contribution in [3.63, 3.8) is 0 Å². The minimum absolute atomic E-state index is 0.00334. The second-order valence-corrected chi connectivity index (χ2v) is 5.55. The van der Waals surface area contributed by atoms with Crippen molar-refractivity contribution in [1.82, 2.24) is 20.2 Å². The minimum Gasteiger partial charge on any atom is -0.508 e. The fraction of sp³-hybridized carbons (Fsp3) is 0.0556. The van der Waals surface area contributed by atoms with Gasteiger partial charge >= 0.3 is 0 Å². The van der Waals surface area contributed by atoms with Gasteiger partial charge in [0.25, 0.3) is 0 Å². The van der Waals surface area contributed by atoms with Crippen molar-refractivity contribution in [2.45, 2.75) is 0 Å². The number of methoxy groups -OCH3 is 1. The topological polar surface area (TPSA) is 107 Å². The molecular formula is C18H15N5O3. The van der Waals surface area contributed by atoms with E-state index in [2.05, 4.69) is 20.2 Å². The van der Waals surface area contributed by atoms with Gasteiger partial charge in [0.2, 0.25) is 5.95 Å². The Kier molecular flexibility index (Phi) is 3.77. The van der Waals surface area contributed by atoms with E-state index in [1.165, 1.54) is 7.11 Å². The van der Waals surface area contributed by atoms with E-state index in [-0.39, 0.29) is 11.5 Å². The minimum atomic E-state index is -0.00334. The van der Waals surface area contributed by atoms with Crippen LogP contribution < -0.4 is 9.64 Å². The number of phenolic OH excluding ortho intramolecular Hbond substituents is 2. The number of phenols is 2. The number of nitrogens with zero attached hydrogens (tertiary/aromatic N) is 4. The van der Waals surface area contributed by atoms with Crippen LogP contribution in [0.25, 0.3) is 11.0 Å². The molecule has 8 nitrogen and oxygen atoms in total. The van der Waals surface area contributed by atoms with Crippen LogP contribution >= 0.6 is 0 Å². The Morgan fingerprint density at radius 1 is 1.00 bits per heavy atom. The molecule has 0 unspecified atom stereocenters. The lowest BCUT2D eigenvalue weighted by atomic mass is 10.2. The molecule has 0 aliphatic rings. The smallest absolute Gasteiger partial charge is 0.236 e. The van der Waals surface area contributed by atoms with Crippen LogP contribution in [-0.4, -0.2) is 37.5 Å². The fourth-order valence-electron chi connectivity index (χ4n) is 2.64. The van der Waals surface area contributed by atoms with Crippen LogP contribution in [0.15, 0.2) is 54.9 Å². The fourth-order valence-corrected chi connectivity index (χ4v) is 2.64. The molecule has 0 fully saturated rings. The maximum atomic E-state index is 10.2. The molecule has 0 spiro atoms. The third-order valence-corrected chi connectivity index (χ3v) is 3.91. The predicted octanol–water partition coefficient (Wildman–Crippen LogP) is 3.24. The molecule has 0 saturated heterocycles. The maximum absolute atomic E-state index is 10.2. The monoisotopic (exact) mass is 349 g/mol. The molecule has 0 amide bonds. The number of hydrogen-bond donors (Lipinski definition) is 3. The summed E-state index contributed by atoms with van der Waals surface area (Å²) in [4.78, 5) is 10.7. The summed E-state index contributed by atoms with van der Waals surface area (Å²) >= 11 is 0. The molecule has 0 saturated carbocycles. The lowest BCUT2D eigenvalue weighted by molar-refractivity contribution is 0.373. The predicted molar refractivity (Wildman–Crippen MR) is 96.2 cm³/mol. The Morgan fingerprint density at radius 3 is 2.50 bits per heavy atom. The molecule has 4 rings (SSSR count). The third-order valence-electron chi connectivity index (χ3n) is 3.91. The standard InChI is InChI=1S/C18H15N5O3/c1-26-16-7-4-13(8-15(16)25)23(12-2-5-14(24)6-3-12)18-19-9-11-10-20-22-17(11)21-18/h2-10,24-25H,1H3,(H,19,20,21,22). The molecule has 3 N–H and O–H groups in total. The molecule has 8 heteroatoms. The lowest BCUT2D eigenvalue weighted by Gasteiger charge is -2.23. The van der Waals surface area contributed by atoms with Gasteiger partial charge in [0, 0.05) is 18.0 Å². The molecule has 2 aromatic carbocycles. The zero-order chi connectivity index (χ0) is 18.1. The van der Waals surface area contributed by atoms with Gasteiger partial charge in [-0.15, -0.1) is 0 Å². The van der Waals surface area contributed by atoms with E-state index in [9.17, 15) is 10.2 Å². The number of fused-ring (bicyclic) bond motifs is 1. The summed E-state index contributed by atoms with van der Waals surface area (Å²) in [6, 6.07) is 11.6. The van der Waals surface area contributed by atoms with Gasteiger partial charge in [-0.2, -0.15) is 10.1 Å². The number of aromatic hydroxyl groups is 2. The summed E-state index contributed by atoms with van der Waals surface area (Å²) in [6.07, 6.45) is 3.31. The van der Waals surface area contributed by atoms with Crippen molar-refractivity contribution >= 4 is 28.4 Å². The number of rotatable bonds is 4. The molecular weight excluding hydrogens is 334 g/mol. The second-order valence-electron chi connectivity index (χ2n) is 5.55. The highest BCUT2D eigenvalue weighted by Gasteiger charge is 2.18. The van der Waals surface area contributed by atoms with Crippen molar-refractivity contribution in [3.05, 3.63) is 54.9 Å². The first-order chi connectivity index (χ1) is 12.7. The average Bonchev–Trinajstić information content (AvgIpc) is 3.12. The summed E-state index contributed by atoms with van der Waals surface area (Å²) in [5, 5.41) is 27.3. The van der Waals surface area contributed by atoms with Crippen LogP contribution in [0.3, 0.4) is 0 Å². The van der Waals surface area contributed by atoms with Crippen molar-refractivity contribution in [2.24, 2.45) is 0 Å². The first-order valence-electron chi connectivity index (χ1n) is 7.78. The largest absolute Gasteiger partial charge is 0.508 e. The zero-order valence-corrected chi connectivity index (χ0v) is 13.8. The first kappa shape index (κ1) is 15.7. The molecule has 0 atom stereocenters. The highest BCUT2D eigenvalue weighted by molar-refractivity contribution is 5.79. The Balaban J connectivity index is 1.88. The number of anilines is 3. The van der Waals surface area contributed by atoms with Crippen molar-refractivity contribution < 1.29 is 14.9 Å². The van der Waals surface area contributed by atoms with E-state index in [1.807, 2.05) is 0 Å². The number of ether oxygens (including phenoxy) is 1. The highest BCUT2D eigenvalue weighted by Crippen LogP contribution is 2.37. The summed E-state index contributed by atoms with van der Waals surface area (Å²) in [6.45, 7) is 0. The Morgan fingerprint density at radius 2 is 1.77 bits per heavy atom. The van der Waals surface area contributed by atoms with E-state index in [0.717, 1.165) is 5.39 Å². The maximum Gasteiger partial charge on any atom is 0.236 e. The average molecular weight is 349 g/mol. The van der Waals surface area contributed by atoms with Gasteiger partial charge in [0.1, 0.15) is 5.75 Å². The van der Waals surface area contributed by atoms with Crippen LogP contribution in [0.5, 0.6) is 17.2 Å². The van der Waals surface area contributed by atoms with Gasteiger partial charge in [-0.1, -0.05) is 0 Å². The van der Waals surface area contributed by atoms with E-state index < -0.39 is 0 Å². The molecule has 0 bridgehead atoms. The van der Waals surface area contributed by atoms with Gasteiger partial charge < -0.3 is 14.9 Å². The van der Waals surface area contributed by atoms with E-state index in [0.29, 0.717) is 28.7 Å². The van der Waals surface area contributed by atoms with Crippen LogP contribution in [0.1, 0.15) is 0 Å². The molecule has 26 heavy (non-hydrogen) atoms. The Bertz CT molecular complexity index is 1060. The van der Waals surface area contributed by atoms with Crippen molar-refractivity contribution in [1.29, 1.82) is 0 Å². The number of nitrogens with one attached hydrogen (secondary N) is 1. The molecule has 2 heterocycles.